The molecule has 0 aromatic carbocycles. The Kier molecular flexibility index (Phi) is 10.8. The van der Waals surface area contributed by atoms with Gasteiger partial charge >= 0.3 is 7.60 Å². The van der Waals surface area contributed by atoms with Gasteiger partial charge in [-0.15, -0.1) is 0 Å². The average Bonchev–Trinajstić information content (AvgIpc) is 2.45. The van der Waals surface area contributed by atoms with Gasteiger partial charge in [-0.1, -0.05) is 23.3 Å². The fraction of sp³-hybridized carbons (Fsp3) is 0.588. The minimum atomic E-state index is -4.54. The molecule has 0 aliphatic carbocycles. The van der Waals surface area contributed by atoms with Gasteiger partial charge in [-0.2, -0.15) is 0 Å². The summed E-state index contributed by atoms with van der Waals surface area (Å²) < 4.78 is 11.0. The smallest absolute Gasteiger partial charge is 0.349 e. The van der Waals surface area contributed by atoms with Gasteiger partial charge in [-0.25, -0.2) is 0 Å². The van der Waals surface area contributed by atoms with Crippen molar-refractivity contribution >= 4 is 13.9 Å². The molecule has 0 heterocycles. The lowest BCUT2D eigenvalue weighted by Crippen LogP contribution is -2.32. The molecule has 0 amide bonds. The molecule has 138 valence electrons. The van der Waals surface area contributed by atoms with E-state index in [0.29, 0.717) is 6.42 Å². The maximum absolute atomic E-state index is 11.0. The monoisotopic (exact) mass is 359 g/mol. The molecular formula is C17H30NO5P. The Morgan fingerprint density at radius 3 is 2.17 bits per heavy atom. The molecule has 0 aliphatic rings. The highest BCUT2D eigenvalue weighted by Gasteiger charge is 2.27. The van der Waals surface area contributed by atoms with Crippen LogP contribution in [-0.2, 0) is 9.36 Å². The maximum atomic E-state index is 11.0. The summed E-state index contributed by atoms with van der Waals surface area (Å²) in [5.74, 6) is -1.59. The number of aliphatic hydroxyl groups is 1. The number of hydrogen-bond donors (Lipinski definition) is 4. The van der Waals surface area contributed by atoms with Crippen molar-refractivity contribution in [3.8, 4) is 0 Å². The Hall–Kier alpha value is -1.20. The zero-order valence-corrected chi connectivity index (χ0v) is 15.8. The Bertz CT molecular complexity index is 541. The maximum Gasteiger partial charge on any atom is 0.349 e. The summed E-state index contributed by atoms with van der Waals surface area (Å²) >= 11 is 0. The van der Waals surface area contributed by atoms with Gasteiger partial charge in [-0.3, -0.25) is 9.88 Å². The van der Waals surface area contributed by atoms with Crippen LogP contribution in [0.1, 0.15) is 53.4 Å². The number of rotatable bonds is 11. The minimum absolute atomic E-state index is 0.00546. The topological polar surface area (TPSA) is 107 Å². The van der Waals surface area contributed by atoms with Crippen molar-refractivity contribution in [3.05, 3.63) is 34.6 Å². The molecular weight excluding hydrogens is 329 g/mol. The second-order valence-corrected chi connectivity index (χ2v) is 7.92. The normalized spacial score (nSPS) is 14.8. The number of aliphatic hydroxyl groups excluding tert-OH is 1. The molecule has 7 heteroatoms. The molecule has 4 N–H and O–H groups in total. The van der Waals surface area contributed by atoms with Gasteiger partial charge in [0.25, 0.3) is 0 Å². The molecule has 1 atom stereocenters. The van der Waals surface area contributed by atoms with Gasteiger partial charge in [0, 0.05) is 0 Å². The van der Waals surface area contributed by atoms with E-state index in [1.54, 1.807) is 6.92 Å². The average molecular weight is 359 g/mol. The van der Waals surface area contributed by atoms with E-state index >= 15 is 0 Å². The molecule has 0 saturated carbocycles. The summed E-state index contributed by atoms with van der Waals surface area (Å²) in [5, 5.41) is 12.3. The lowest BCUT2D eigenvalue weighted by molar-refractivity contribution is -0.108. The molecule has 6 nitrogen and oxygen atoms in total. The Balaban J connectivity index is 4.39. The van der Waals surface area contributed by atoms with Crippen LogP contribution in [0.4, 0.5) is 0 Å². The standard InChI is InChI=1S/C17H30NO5P/c1-13(2)7-5-8-14(3)9-6-10-15(4)16(20)11-18-17(12-19)24(21,22)23/h7,9,12,17-18,20H,5-6,8,10-11H2,1-4H3,(H2,21,22,23). The number of carbonyl (C=O) groups excluding carboxylic acids is 1. The van der Waals surface area contributed by atoms with Crippen LogP contribution in [0.3, 0.4) is 0 Å². The zero-order chi connectivity index (χ0) is 18.8. The van der Waals surface area contributed by atoms with E-state index in [0.717, 1.165) is 24.8 Å². The van der Waals surface area contributed by atoms with E-state index < -0.39 is 13.4 Å². The number of hydrogen-bond acceptors (Lipinski definition) is 4. The molecule has 0 aromatic rings. The predicted molar refractivity (Wildman–Crippen MR) is 96.9 cm³/mol. The van der Waals surface area contributed by atoms with E-state index in [4.69, 9.17) is 9.79 Å². The van der Waals surface area contributed by atoms with Crippen molar-refractivity contribution in [2.24, 2.45) is 0 Å². The van der Waals surface area contributed by atoms with Crippen LogP contribution in [0.2, 0.25) is 0 Å². The molecule has 24 heavy (non-hydrogen) atoms. The largest absolute Gasteiger partial charge is 0.511 e. The Labute approximate surface area is 144 Å². The van der Waals surface area contributed by atoms with Crippen LogP contribution in [0, 0.1) is 0 Å². The van der Waals surface area contributed by atoms with Crippen LogP contribution >= 0.6 is 7.60 Å². The third-order valence-electron chi connectivity index (χ3n) is 3.57. The molecule has 0 fully saturated rings. The number of aldehydes is 1. The summed E-state index contributed by atoms with van der Waals surface area (Å²) in [6.07, 6.45) is 7.94. The van der Waals surface area contributed by atoms with Crippen molar-refractivity contribution < 1.29 is 24.3 Å². The summed E-state index contributed by atoms with van der Waals surface area (Å²) in [6, 6.07) is 0. The molecule has 0 radical (unpaired) electrons. The lowest BCUT2D eigenvalue weighted by Gasteiger charge is -2.14. The first-order valence-corrected chi connectivity index (χ1v) is 9.66. The zero-order valence-electron chi connectivity index (χ0n) is 15.0. The van der Waals surface area contributed by atoms with E-state index in [9.17, 15) is 14.5 Å². The highest BCUT2D eigenvalue weighted by molar-refractivity contribution is 7.53. The molecule has 0 aliphatic heterocycles. The molecule has 0 saturated heterocycles. The van der Waals surface area contributed by atoms with Crippen molar-refractivity contribution in [2.45, 2.75) is 59.2 Å². The predicted octanol–water partition coefficient (Wildman–Crippen LogP) is 3.58. The van der Waals surface area contributed by atoms with Gasteiger partial charge in [-0.05, 0) is 59.0 Å². The van der Waals surface area contributed by atoms with Crippen molar-refractivity contribution in [1.29, 1.82) is 0 Å². The van der Waals surface area contributed by atoms with Gasteiger partial charge in [0.2, 0.25) is 0 Å². The van der Waals surface area contributed by atoms with E-state index in [2.05, 4.69) is 38.2 Å². The van der Waals surface area contributed by atoms with E-state index in [1.165, 1.54) is 11.1 Å². The van der Waals surface area contributed by atoms with E-state index in [1.807, 2.05) is 0 Å². The van der Waals surface area contributed by atoms with Crippen LogP contribution in [0.25, 0.3) is 0 Å². The highest BCUT2D eigenvalue weighted by Crippen LogP contribution is 2.38. The third-order valence-corrected chi connectivity index (χ3v) is 4.59. The number of allylic oxidation sites excluding steroid dienone is 5. The van der Waals surface area contributed by atoms with Crippen LogP contribution in [0.5, 0.6) is 0 Å². The fourth-order valence-corrected chi connectivity index (χ4v) is 2.46. The van der Waals surface area contributed by atoms with Gasteiger partial charge in [0.05, 0.1) is 6.54 Å². The molecule has 0 spiro atoms. The van der Waals surface area contributed by atoms with Crippen LogP contribution in [-0.4, -0.2) is 33.5 Å². The fourth-order valence-electron chi connectivity index (χ4n) is 1.97. The van der Waals surface area contributed by atoms with Crippen LogP contribution < -0.4 is 5.32 Å². The summed E-state index contributed by atoms with van der Waals surface area (Å²) in [7, 11) is -4.54. The summed E-state index contributed by atoms with van der Waals surface area (Å²) in [4.78, 5) is 28.5. The van der Waals surface area contributed by atoms with Gasteiger partial charge < -0.3 is 19.7 Å². The second-order valence-electron chi connectivity index (χ2n) is 6.19. The molecule has 0 aromatic heterocycles. The molecule has 1 unspecified atom stereocenters. The van der Waals surface area contributed by atoms with Crippen LogP contribution in [0.15, 0.2) is 34.6 Å². The molecule has 0 rings (SSSR count). The van der Waals surface area contributed by atoms with Crippen molar-refractivity contribution in [3.63, 3.8) is 0 Å². The highest BCUT2D eigenvalue weighted by atomic mass is 31.2. The number of carbonyl (C=O) groups is 1. The Morgan fingerprint density at radius 2 is 1.67 bits per heavy atom. The Morgan fingerprint density at radius 1 is 1.08 bits per heavy atom. The molecule has 0 bridgehead atoms. The van der Waals surface area contributed by atoms with Gasteiger partial charge in [0.1, 0.15) is 12.0 Å². The SMILES string of the molecule is CC(C)=CCCC(C)=CCCC(C)=C(O)CNC(C=O)P(=O)(O)O. The number of nitrogens with one attached hydrogen (secondary N) is 1. The summed E-state index contributed by atoms with van der Waals surface area (Å²) in [5.41, 5.74) is 3.33. The summed E-state index contributed by atoms with van der Waals surface area (Å²) in [6.45, 7) is 7.84. The van der Waals surface area contributed by atoms with Gasteiger partial charge in [0.15, 0.2) is 5.78 Å². The first-order valence-electron chi connectivity index (χ1n) is 7.98. The van der Waals surface area contributed by atoms with Crippen molar-refractivity contribution in [1.82, 2.24) is 5.32 Å². The minimum Gasteiger partial charge on any atom is -0.511 e. The first kappa shape index (κ1) is 22.8. The first-order chi connectivity index (χ1) is 11.1. The lowest BCUT2D eigenvalue weighted by atomic mass is 10.1. The second kappa shape index (κ2) is 11.4. The van der Waals surface area contributed by atoms with Crippen molar-refractivity contribution in [2.75, 3.05) is 6.54 Å². The quantitative estimate of drug-likeness (QED) is 0.194. The third kappa shape index (κ3) is 10.6. The van der Waals surface area contributed by atoms with E-state index in [-0.39, 0.29) is 18.6 Å².